The number of fused-ring (bicyclic) bond motifs is 2. The average molecular weight is 425 g/mol. The van der Waals surface area contributed by atoms with Crippen LogP contribution in [-0.4, -0.2) is 25.4 Å². The van der Waals surface area contributed by atoms with Crippen LogP contribution in [0.2, 0.25) is 0 Å². The first-order valence-electron chi connectivity index (χ1n) is 11.7. The first-order valence-corrected chi connectivity index (χ1v) is 11.7. The maximum absolute atomic E-state index is 10.1. The molecule has 2 aliphatic rings. The Morgan fingerprint density at radius 2 is 1.75 bits per heavy atom. The molecule has 1 aromatic heterocycles. The second kappa shape index (κ2) is 7.13. The Morgan fingerprint density at radius 3 is 2.56 bits per heavy atom. The molecule has 32 heavy (non-hydrogen) atoms. The monoisotopic (exact) mass is 424 g/mol. The minimum atomic E-state index is -0.102. The van der Waals surface area contributed by atoms with Gasteiger partial charge in [-0.25, -0.2) is 0 Å². The summed E-state index contributed by atoms with van der Waals surface area (Å²) in [5.41, 5.74) is 8.10. The highest BCUT2D eigenvalue weighted by Gasteiger charge is 2.48. The summed E-state index contributed by atoms with van der Waals surface area (Å²) in [6.45, 7) is 5.61. The van der Waals surface area contributed by atoms with Crippen LogP contribution in [-0.2, 0) is 10.2 Å². The van der Waals surface area contributed by atoms with Crippen LogP contribution >= 0.6 is 0 Å². The number of pyridine rings is 1. The fourth-order valence-corrected chi connectivity index (χ4v) is 6.45. The van der Waals surface area contributed by atoms with Gasteiger partial charge in [-0.15, -0.1) is 0 Å². The number of aromatic nitrogens is 1. The molecule has 2 atom stereocenters. The summed E-state index contributed by atoms with van der Waals surface area (Å²) in [6.07, 6.45) is 1.68. The summed E-state index contributed by atoms with van der Waals surface area (Å²) in [6, 6.07) is 22.7. The lowest BCUT2D eigenvalue weighted by molar-refractivity contribution is -0.695. The molecule has 1 aliphatic heterocycles. The van der Waals surface area contributed by atoms with Crippen LogP contribution in [0.3, 0.4) is 0 Å². The summed E-state index contributed by atoms with van der Waals surface area (Å²) < 4.78 is 8.12. The predicted octanol–water partition coefficient (Wildman–Crippen LogP) is 5.64. The maximum atomic E-state index is 10.1. The second-order valence-electron chi connectivity index (χ2n) is 9.86. The van der Waals surface area contributed by atoms with Crippen LogP contribution in [0.25, 0.3) is 32.9 Å². The molecule has 0 saturated heterocycles. The lowest BCUT2D eigenvalue weighted by Crippen LogP contribution is -2.51. The summed E-state index contributed by atoms with van der Waals surface area (Å²) >= 11 is 0. The van der Waals surface area contributed by atoms with Crippen molar-refractivity contribution < 1.29 is 14.4 Å². The molecule has 0 saturated carbocycles. The molecule has 2 heterocycles. The molecule has 0 bridgehead atoms. The van der Waals surface area contributed by atoms with Gasteiger partial charge in [-0.1, -0.05) is 56.3 Å². The summed E-state index contributed by atoms with van der Waals surface area (Å²) in [4.78, 5) is 0. The SMILES string of the molecule is COCCC1c2ccc3cccc4c3c2-c2c(cc3ccccc3[n+]2C1CCO)C4(C)C. The number of methoxy groups -OCH3 is 1. The van der Waals surface area contributed by atoms with Crippen molar-refractivity contribution in [2.45, 2.75) is 44.1 Å². The van der Waals surface area contributed by atoms with Crippen molar-refractivity contribution in [1.82, 2.24) is 0 Å². The van der Waals surface area contributed by atoms with Crippen LogP contribution in [0.4, 0.5) is 0 Å². The number of hydrogen-bond donors (Lipinski definition) is 1. The van der Waals surface area contributed by atoms with Gasteiger partial charge in [-0.05, 0) is 40.5 Å². The van der Waals surface area contributed by atoms with Crippen molar-refractivity contribution in [2.24, 2.45) is 0 Å². The van der Waals surface area contributed by atoms with Gasteiger partial charge in [0.15, 0.2) is 6.04 Å². The third kappa shape index (κ3) is 2.52. The molecule has 0 radical (unpaired) electrons. The molecule has 3 nitrogen and oxygen atoms in total. The highest BCUT2D eigenvalue weighted by Crippen LogP contribution is 2.54. The van der Waals surface area contributed by atoms with Crippen molar-refractivity contribution in [3.63, 3.8) is 0 Å². The normalized spacial score (nSPS) is 20.1. The molecule has 2 unspecified atom stereocenters. The first kappa shape index (κ1) is 19.9. The van der Waals surface area contributed by atoms with E-state index >= 15 is 0 Å². The zero-order valence-electron chi connectivity index (χ0n) is 19.1. The Labute approximate surface area is 189 Å². The number of para-hydroxylation sites is 1. The van der Waals surface area contributed by atoms with E-state index in [-0.39, 0.29) is 18.1 Å². The Hall–Kier alpha value is -2.75. The highest BCUT2D eigenvalue weighted by molar-refractivity contribution is 6.04. The predicted molar refractivity (Wildman–Crippen MR) is 129 cm³/mol. The molecule has 162 valence electrons. The summed E-state index contributed by atoms with van der Waals surface area (Å²) in [5, 5.41) is 14.1. The summed E-state index contributed by atoms with van der Waals surface area (Å²) in [5.74, 6) is 0.298. The lowest BCUT2D eigenvalue weighted by Gasteiger charge is -2.39. The number of benzene rings is 3. The molecule has 0 amide bonds. The Balaban J connectivity index is 1.83. The number of aliphatic hydroxyl groups excluding tert-OH is 1. The molecule has 3 aromatic carbocycles. The molecule has 0 fully saturated rings. The van der Waals surface area contributed by atoms with E-state index in [0.717, 1.165) is 12.8 Å². The molecular formula is C29H30NO2+. The van der Waals surface area contributed by atoms with Gasteiger partial charge in [0.2, 0.25) is 11.2 Å². The lowest BCUT2D eigenvalue weighted by atomic mass is 9.65. The van der Waals surface area contributed by atoms with Crippen molar-refractivity contribution in [2.75, 3.05) is 20.3 Å². The van der Waals surface area contributed by atoms with E-state index in [0.29, 0.717) is 12.5 Å². The number of hydrogen-bond acceptors (Lipinski definition) is 2. The second-order valence-corrected chi connectivity index (χ2v) is 9.86. The maximum Gasteiger partial charge on any atom is 0.218 e. The number of nitrogens with zero attached hydrogens (tertiary/aromatic N) is 1. The van der Waals surface area contributed by atoms with Gasteiger partial charge in [0, 0.05) is 55.1 Å². The van der Waals surface area contributed by atoms with Crippen LogP contribution < -0.4 is 4.57 Å². The largest absolute Gasteiger partial charge is 0.396 e. The standard InChI is InChI=1S/C29H30NO2/c1-29(2)22-9-6-8-18-11-12-21-20(14-16-32-3)25(13-15-31)30-24-10-5-4-7-19(24)17-23(29)28(30)27(21)26(18)22/h4-12,17,20,25,31H,13-16H2,1-3H3/q+1. The number of rotatable bonds is 5. The van der Waals surface area contributed by atoms with Crippen LogP contribution in [0.1, 0.15) is 55.3 Å². The molecular weight excluding hydrogens is 394 g/mol. The van der Waals surface area contributed by atoms with Crippen LogP contribution in [0.5, 0.6) is 0 Å². The Kier molecular flexibility index (Phi) is 4.43. The van der Waals surface area contributed by atoms with E-state index in [2.05, 4.69) is 79.1 Å². The van der Waals surface area contributed by atoms with Gasteiger partial charge in [0.05, 0.1) is 5.56 Å². The van der Waals surface area contributed by atoms with Crippen LogP contribution in [0, 0.1) is 0 Å². The van der Waals surface area contributed by atoms with E-state index in [4.69, 9.17) is 4.74 Å². The molecule has 0 spiro atoms. The summed E-state index contributed by atoms with van der Waals surface area (Å²) in [7, 11) is 1.78. The first-order chi connectivity index (χ1) is 15.6. The van der Waals surface area contributed by atoms with Crippen molar-refractivity contribution in [3.05, 3.63) is 77.4 Å². The fraction of sp³-hybridized carbons (Fsp3) is 0.345. The molecule has 1 N–H and O–H groups in total. The zero-order chi connectivity index (χ0) is 22.0. The van der Waals surface area contributed by atoms with Gasteiger partial charge >= 0.3 is 0 Å². The van der Waals surface area contributed by atoms with E-state index in [9.17, 15) is 5.11 Å². The fourth-order valence-electron chi connectivity index (χ4n) is 6.45. The van der Waals surface area contributed by atoms with E-state index in [1.54, 1.807) is 7.11 Å². The van der Waals surface area contributed by atoms with E-state index < -0.39 is 0 Å². The van der Waals surface area contributed by atoms with E-state index in [1.165, 1.54) is 49.6 Å². The Bertz CT molecular complexity index is 1370. The Morgan fingerprint density at radius 1 is 0.938 bits per heavy atom. The van der Waals surface area contributed by atoms with Gasteiger partial charge in [0.1, 0.15) is 0 Å². The quantitative estimate of drug-likeness (QED) is 0.420. The van der Waals surface area contributed by atoms with Crippen molar-refractivity contribution in [1.29, 1.82) is 0 Å². The van der Waals surface area contributed by atoms with Gasteiger partial charge in [-0.2, -0.15) is 4.57 Å². The average Bonchev–Trinajstić information content (AvgIpc) is 2.81. The van der Waals surface area contributed by atoms with Crippen molar-refractivity contribution >= 4 is 21.7 Å². The topological polar surface area (TPSA) is 33.3 Å². The third-order valence-electron chi connectivity index (χ3n) is 7.91. The smallest absolute Gasteiger partial charge is 0.218 e. The van der Waals surface area contributed by atoms with Gasteiger partial charge < -0.3 is 9.84 Å². The van der Waals surface area contributed by atoms with Gasteiger partial charge in [-0.3, -0.25) is 0 Å². The zero-order valence-corrected chi connectivity index (χ0v) is 19.1. The third-order valence-corrected chi connectivity index (χ3v) is 7.91. The molecule has 6 rings (SSSR count). The molecule has 3 heteroatoms. The minimum absolute atomic E-state index is 0.102. The minimum Gasteiger partial charge on any atom is -0.396 e. The van der Waals surface area contributed by atoms with Crippen LogP contribution in [0.15, 0.2) is 60.7 Å². The highest BCUT2D eigenvalue weighted by atomic mass is 16.5. The van der Waals surface area contributed by atoms with E-state index in [1.807, 2.05) is 0 Å². The molecule has 1 aliphatic carbocycles. The number of aliphatic hydroxyl groups is 1. The van der Waals surface area contributed by atoms with Gasteiger partial charge in [0.25, 0.3) is 0 Å². The number of ether oxygens (including phenoxy) is 1. The molecule has 4 aromatic rings. The van der Waals surface area contributed by atoms with Crippen molar-refractivity contribution in [3.8, 4) is 11.3 Å².